The molecule has 16 heavy (non-hydrogen) atoms. The van der Waals surface area contributed by atoms with Crippen LogP contribution >= 0.6 is 0 Å². The van der Waals surface area contributed by atoms with Crippen molar-refractivity contribution in [3.8, 4) is 11.1 Å². The van der Waals surface area contributed by atoms with E-state index in [9.17, 15) is 0 Å². The van der Waals surface area contributed by atoms with Gasteiger partial charge in [-0.15, -0.1) is 0 Å². The second kappa shape index (κ2) is 4.50. The van der Waals surface area contributed by atoms with Crippen LogP contribution in [0.5, 0.6) is 0 Å². The average molecular weight is 212 g/mol. The van der Waals surface area contributed by atoms with Crippen LogP contribution in [0.15, 0.2) is 42.5 Å². The smallest absolute Gasteiger partial charge is 0.0681 e. The van der Waals surface area contributed by atoms with Crippen molar-refractivity contribution in [2.45, 2.75) is 20.5 Å². The molecular weight excluding hydrogens is 196 g/mol. The Labute approximate surface area is 96.4 Å². The first-order valence-corrected chi connectivity index (χ1v) is 5.47. The number of aryl methyl sites for hydroxylation is 2. The van der Waals surface area contributed by atoms with Gasteiger partial charge in [0.15, 0.2) is 0 Å². The van der Waals surface area contributed by atoms with Gasteiger partial charge in [0, 0.05) is 0 Å². The molecule has 0 amide bonds. The molecule has 1 nitrogen and oxygen atoms in total. The van der Waals surface area contributed by atoms with Gasteiger partial charge in [0.2, 0.25) is 0 Å². The van der Waals surface area contributed by atoms with Gasteiger partial charge in [-0.05, 0) is 30.5 Å². The number of aliphatic hydroxyl groups excluding tert-OH is 1. The number of aliphatic hydroxyl groups is 1. The standard InChI is InChI=1S/C15H16O/c1-11-7-12(2)9-15(8-11)14-5-3-13(10-16)4-6-14/h3-9,16H,10H2,1-2H3. The molecule has 0 spiro atoms. The number of hydrogen-bond donors (Lipinski definition) is 1. The summed E-state index contributed by atoms with van der Waals surface area (Å²) in [5, 5.41) is 8.99. The van der Waals surface area contributed by atoms with E-state index in [4.69, 9.17) is 5.11 Å². The predicted molar refractivity (Wildman–Crippen MR) is 67.3 cm³/mol. The van der Waals surface area contributed by atoms with Gasteiger partial charge in [-0.1, -0.05) is 53.6 Å². The summed E-state index contributed by atoms with van der Waals surface area (Å²) >= 11 is 0. The fourth-order valence-corrected chi connectivity index (χ4v) is 1.94. The van der Waals surface area contributed by atoms with Crippen molar-refractivity contribution in [2.75, 3.05) is 0 Å². The summed E-state index contributed by atoms with van der Waals surface area (Å²) in [6, 6.07) is 14.6. The third-order valence-electron chi connectivity index (χ3n) is 2.69. The Bertz CT molecular complexity index is 463. The Morgan fingerprint density at radius 3 is 1.88 bits per heavy atom. The van der Waals surface area contributed by atoms with Gasteiger partial charge in [0.05, 0.1) is 6.61 Å². The fourth-order valence-electron chi connectivity index (χ4n) is 1.94. The topological polar surface area (TPSA) is 20.2 Å². The Morgan fingerprint density at radius 2 is 1.38 bits per heavy atom. The molecule has 2 aromatic carbocycles. The van der Waals surface area contributed by atoms with E-state index >= 15 is 0 Å². The van der Waals surface area contributed by atoms with E-state index in [1.54, 1.807) is 0 Å². The summed E-state index contributed by atoms with van der Waals surface area (Å²) in [5.74, 6) is 0. The second-order valence-electron chi connectivity index (χ2n) is 4.23. The minimum absolute atomic E-state index is 0.104. The maximum Gasteiger partial charge on any atom is 0.0681 e. The van der Waals surface area contributed by atoms with Gasteiger partial charge in [-0.25, -0.2) is 0 Å². The van der Waals surface area contributed by atoms with Gasteiger partial charge >= 0.3 is 0 Å². The van der Waals surface area contributed by atoms with Crippen LogP contribution in [0.4, 0.5) is 0 Å². The van der Waals surface area contributed by atoms with Crippen LogP contribution in [0.3, 0.4) is 0 Å². The van der Waals surface area contributed by atoms with E-state index in [0.29, 0.717) is 0 Å². The monoisotopic (exact) mass is 212 g/mol. The maximum atomic E-state index is 8.99. The first-order valence-electron chi connectivity index (χ1n) is 5.47. The first-order chi connectivity index (χ1) is 7.69. The van der Waals surface area contributed by atoms with Crippen LogP contribution in [-0.4, -0.2) is 5.11 Å². The lowest BCUT2D eigenvalue weighted by Crippen LogP contribution is -1.85. The number of rotatable bonds is 2. The zero-order chi connectivity index (χ0) is 11.5. The molecule has 0 atom stereocenters. The predicted octanol–water partition coefficient (Wildman–Crippen LogP) is 3.46. The van der Waals surface area contributed by atoms with Crippen LogP contribution in [-0.2, 0) is 6.61 Å². The van der Waals surface area contributed by atoms with Gasteiger partial charge in [0.1, 0.15) is 0 Å². The van der Waals surface area contributed by atoms with Crippen molar-refractivity contribution in [1.82, 2.24) is 0 Å². The SMILES string of the molecule is Cc1cc(C)cc(-c2ccc(CO)cc2)c1. The average Bonchev–Trinajstić information content (AvgIpc) is 2.28. The molecule has 0 heterocycles. The molecule has 0 fully saturated rings. The van der Waals surface area contributed by atoms with Crippen molar-refractivity contribution in [2.24, 2.45) is 0 Å². The summed E-state index contributed by atoms with van der Waals surface area (Å²) in [5.41, 5.74) is 5.95. The summed E-state index contributed by atoms with van der Waals surface area (Å²) in [6.07, 6.45) is 0. The molecule has 0 saturated heterocycles. The Morgan fingerprint density at radius 1 is 0.812 bits per heavy atom. The zero-order valence-electron chi connectivity index (χ0n) is 9.70. The lowest BCUT2D eigenvalue weighted by molar-refractivity contribution is 0.282. The molecule has 0 aliphatic carbocycles. The third-order valence-corrected chi connectivity index (χ3v) is 2.69. The summed E-state index contributed by atoms with van der Waals surface area (Å²) in [4.78, 5) is 0. The quantitative estimate of drug-likeness (QED) is 0.808. The van der Waals surface area contributed by atoms with Crippen LogP contribution in [0, 0.1) is 13.8 Å². The van der Waals surface area contributed by atoms with E-state index in [1.807, 2.05) is 12.1 Å². The molecule has 0 bridgehead atoms. The molecule has 2 rings (SSSR count). The second-order valence-corrected chi connectivity index (χ2v) is 4.23. The van der Waals surface area contributed by atoms with Crippen LogP contribution in [0.1, 0.15) is 16.7 Å². The minimum Gasteiger partial charge on any atom is -0.392 e. The molecule has 0 aromatic heterocycles. The van der Waals surface area contributed by atoms with E-state index in [0.717, 1.165) is 5.56 Å². The molecule has 2 aromatic rings. The molecule has 0 saturated carbocycles. The molecule has 82 valence electrons. The summed E-state index contributed by atoms with van der Waals surface area (Å²) in [7, 11) is 0. The van der Waals surface area contributed by atoms with E-state index in [1.165, 1.54) is 22.3 Å². The number of hydrogen-bond acceptors (Lipinski definition) is 1. The van der Waals surface area contributed by atoms with Crippen molar-refractivity contribution in [3.05, 3.63) is 59.2 Å². The Kier molecular flexibility index (Phi) is 3.07. The van der Waals surface area contributed by atoms with Gasteiger partial charge in [-0.2, -0.15) is 0 Å². The molecule has 1 N–H and O–H groups in total. The lowest BCUT2D eigenvalue weighted by Gasteiger charge is -2.06. The first kappa shape index (κ1) is 10.9. The van der Waals surface area contributed by atoms with Crippen LogP contribution < -0.4 is 0 Å². The van der Waals surface area contributed by atoms with Crippen LogP contribution in [0.2, 0.25) is 0 Å². The fraction of sp³-hybridized carbons (Fsp3) is 0.200. The molecular formula is C15H16O. The van der Waals surface area contributed by atoms with Crippen molar-refractivity contribution in [1.29, 1.82) is 0 Å². The largest absolute Gasteiger partial charge is 0.392 e. The van der Waals surface area contributed by atoms with Crippen molar-refractivity contribution < 1.29 is 5.11 Å². The lowest BCUT2D eigenvalue weighted by atomic mass is 10.00. The van der Waals surface area contributed by atoms with Gasteiger partial charge in [0.25, 0.3) is 0 Å². The minimum atomic E-state index is 0.104. The normalized spacial score (nSPS) is 10.4. The zero-order valence-corrected chi connectivity index (χ0v) is 9.70. The van der Waals surface area contributed by atoms with E-state index in [-0.39, 0.29) is 6.61 Å². The maximum absolute atomic E-state index is 8.99. The molecule has 0 aliphatic rings. The van der Waals surface area contributed by atoms with Crippen molar-refractivity contribution >= 4 is 0 Å². The highest BCUT2D eigenvalue weighted by Gasteiger charge is 1.99. The van der Waals surface area contributed by atoms with Gasteiger partial charge in [-0.3, -0.25) is 0 Å². The molecule has 0 radical (unpaired) electrons. The van der Waals surface area contributed by atoms with E-state index in [2.05, 4.69) is 44.2 Å². The summed E-state index contributed by atoms with van der Waals surface area (Å²) in [6.45, 7) is 4.32. The highest BCUT2D eigenvalue weighted by atomic mass is 16.3. The molecule has 1 heteroatoms. The summed E-state index contributed by atoms with van der Waals surface area (Å²) < 4.78 is 0. The van der Waals surface area contributed by atoms with Crippen molar-refractivity contribution in [3.63, 3.8) is 0 Å². The third kappa shape index (κ3) is 2.31. The van der Waals surface area contributed by atoms with E-state index < -0.39 is 0 Å². The molecule has 0 unspecified atom stereocenters. The Hall–Kier alpha value is -1.60. The highest BCUT2D eigenvalue weighted by molar-refractivity contribution is 5.65. The Balaban J connectivity index is 2.42. The van der Waals surface area contributed by atoms with Gasteiger partial charge < -0.3 is 5.11 Å². The molecule has 0 aliphatic heterocycles. The highest BCUT2D eigenvalue weighted by Crippen LogP contribution is 2.22. The number of benzene rings is 2. The van der Waals surface area contributed by atoms with Crippen LogP contribution in [0.25, 0.3) is 11.1 Å².